The number of benzene rings is 2. The largest absolute Gasteiger partial charge is 0.497 e. The van der Waals surface area contributed by atoms with Crippen LogP contribution < -0.4 is 10.1 Å². The van der Waals surface area contributed by atoms with Crippen LogP contribution in [0, 0.1) is 6.92 Å². The monoisotopic (exact) mass is 352 g/mol. The van der Waals surface area contributed by atoms with Crippen molar-refractivity contribution >= 4 is 43.6 Å². The molecule has 4 aromatic rings. The van der Waals surface area contributed by atoms with E-state index in [1.807, 2.05) is 43.3 Å². The molecule has 1 amide bonds. The number of hydrogen-bond acceptors (Lipinski definition) is 5. The van der Waals surface area contributed by atoms with Crippen molar-refractivity contribution in [1.29, 1.82) is 0 Å². The number of aromatic nitrogens is 1. The van der Waals surface area contributed by atoms with Gasteiger partial charge in [-0.3, -0.25) is 4.79 Å². The highest BCUT2D eigenvalue weighted by atomic mass is 32.1. The molecule has 2 aromatic carbocycles. The topological polar surface area (TPSA) is 64.4 Å². The number of carbonyl (C=O) groups excluding carboxylic acids is 1. The highest BCUT2D eigenvalue weighted by Gasteiger charge is 2.13. The number of hydrogen-bond donors (Lipinski definition) is 1. The first-order valence-electron chi connectivity index (χ1n) is 7.84. The molecule has 0 bridgehead atoms. The third-order valence-corrected chi connectivity index (χ3v) is 5.02. The summed E-state index contributed by atoms with van der Waals surface area (Å²) in [6.07, 6.45) is 1.85. The highest BCUT2D eigenvalue weighted by molar-refractivity contribution is 7.22. The van der Waals surface area contributed by atoms with Crippen molar-refractivity contribution in [1.82, 2.24) is 4.98 Å². The number of carbonyl (C=O) groups is 1. The van der Waals surface area contributed by atoms with Gasteiger partial charge in [-0.2, -0.15) is 0 Å². The summed E-state index contributed by atoms with van der Waals surface area (Å²) in [6.45, 7) is 2.01. The average molecular weight is 352 g/mol. The summed E-state index contributed by atoms with van der Waals surface area (Å²) in [5.41, 5.74) is 3.58. The summed E-state index contributed by atoms with van der Waals surface area (Å²) in [5, 5.41) is 4.41. The van der Waals surface area contributed by atoms with Crippen LogP contribution in [0.4, 0.5) is 5.13 Å². The maximum atomic E-state index is 12.4. The van der Waals surface area contributed by atoms with Gasteiger partial charge in [0.25, 0.3) is 0 Å². The van der Waals surface area contributed by atoms with Gasteiger partial charge in [-0.15, -0.1) is 0 Å². The van der Waals surface area contributed by atoms with Gasteiger partial charge in [0.1, 0.15) is 11.3 Å². The van der Waals surface area contributed by atoms with Crippen LogP contribution in [-0.2, 0) is 11.2 Å². The number of amides is 1. The fraction of sp³-hybridized carbons (Fsp3) is 0.158. The standard InChI is InChI=1S/C19H16N2O3S/c1-11-4-3-5-16-18(11)21-19(25-16)20-17(22)8-12-10-24-15-9-13(23-2)6-7-14(12)15/h3-7,9-10H,8H2,1-2H3,(H,20,21,22). The smallest absolute Gasteiger partial charge is 0.230 e. The van der Waals surface area contributed by atoms with Crippen LogP contribution in [0.3, 0.4) is 0 Å². The van der Waals surface area contributed by atoms with E-state index < -0.39 is 0 Å². The zero-order valence-electron chi connectivity index (χ0n) is 13.8. The minimum atomic E-state index is -0.116. The first kappa shape index (κ1) is 15.7. The highest BCUT2D eigenvalue weighted by Crippen LogP contribution is 2.29. The number of para-hydroxylation sites is 1. The van der Waals surface area contributed by atoms with Gasteiger partial charge in [0.2, 0.25) is 5.91 Å². The fourth-order valence-corrected chi connectivity index (χ4v) is 3.76. The maximum absolute atomic E-state index is 12.4. The van der Waals surface area contributed by atoms with Crippen molar-refractivity contribution in [3.05, 3.63) is 53.8 Å². The van der Waals surface area contributed by atoms with E-state index in [1.165, 1.54) is 11.3 Å². The summed E-state index contributed by atoms with van der Waals surface area (Å²) in [6, 6.07) is 11.6. The van der Waals surface area contributed by atoms with Gasteiger partial charge < -0.3 is 14.5 Å². The number of furan rings is 1. The van der Waals surface area contributed by atoms with E-state index in [1.54, 1.807) is 13.4 Å². The van der Waals surface area contributed by atoms with Crippen molar-refractivity contribution < 1.29 is 13.9 Å². The molecule has 0 aliphatic carbocycles. The molecule has 0 radical (unpaired) electrons. The van der Waals surface area contributed by atoms with Crippen LogP contribution in [-0.4, -0.2) is 18.0 Å². The Morgan fingerprint density at radius 1 is 1.32 bits per heavy atom. The second kappa shape index (κ2) is 6.22. The summed E-state index contributed by atoms with van der Waals surface area (Å²) in [7, 11) is 1.61. The number of fused-ring (bicyclic) bond motifs is 2. The van der Waals surface area contributed by atoms with Crippen LogP contribution in [0.15, 0.2) is 47.1 Å². The van der Waals surface area contributed by atoms with Gasteiger partial charge in [0.15, 0.2) is 5.13 Å². The molecule has 4 rings (SSSR count). The number of rotatable bonds is 4. The molecule has 0 spiro atoms. The minimum absolute atomic E-state index is 0.116. The molecular formula is C19H16N2O3S. The van der Waals surface area contributed by atoms with E-state index in [0.717, 1.165) is 32.5 Å². The van der Waals surface area contributed by atoms with E-state index in [9.17, 15) is 4.79 Å². The second-order valence-electron chi connectivity index (χ2n) is 5.79. The molecule has 0 fully saturated rings. The zero-order valence-corrected chi connectivity index (χ0v) is 14.6. The first-order chi connectivity index (χ1) is 12.1. The van der Waals surface area contributed by atoms with Crippen molar-refractivity contribution in [2.24, 2.45) is 0 Å². The lowest BCUT2D eigenvalue weighted by Crippen LogP contribution is -2.13. The van der Waals surface area contributed by atoms with E-state index in [2.05, 4.69) is 10.3 Å². The zero-order chi connectivity index (χ0) is 17.4. The SMILES string of the molecule is COc1ccc2c(CC(=O)Nc3nc4c(C)cccc4s3)coc2c1. The Balaban J connectivity index is 1.54. The lowest BCUT2D eigenvalue weighted by Gasteiger charge is -2.01. The molecule has 0 saturated carbocycles. The molecule has 0 aliphatic rings. The van der Waals surface area contributed by atoms with Gasteiger partial charge in [-0.25, -0.2) is 4.98 Å². The number of anilines is 1. The third kappa shape index (κ3) is 2.96. The number of nitrogens with one attached hydrogen (secondary N) is 1. The molecule has 6 heteroatoms. The predicted octanol–water partition coefficient (Wildman–Crippen LogP) is 4.54. The number of ether oxygens (including phenoxy) is 1. The van der Waals surface area contributed by atoms with Gasteiger partial charge in [-0.05, 0) is 30.7 Å². The Hall–Kier alpha value is -2.86. The van der Waals surface area contributed by atoms with Gasteiger partial charge in [0, 0.05) is 17.0 Å². The van der Waals surface area contributed by atoms with E-state index in [-0.39, 0.29) is 12.3 Å². The summed E-state index contributed by atoms with van der Waals surface area (Å²) in [5.74, 6) is 0.609. The first-order valence-corrected chi connectivity index (χ1v) is 8.66. The Morgan fingerprint density at radius 3 is 3.00 bits per heavy atom. The Morgan fingerprint density at radius 2 is 2.20 bits per heavy atom. The van der Waals surface area contributed by atoms with E-state index >= 15 is 0 Å². The average Bonchev–Trinajstić information content (AvgIpc) is 3.19. The summed E-state index contributed by atoms with van der Waals surface area (Å²) >= 11 is 1.48. The molecular weight excluding hydrogens is 336 g/mol. The number of nitrogens with zero attached hydrogens (tertiary/aromatic N) is 1. The molecule has 126 valence electrons. The third-order valence-electron chi connectivity index (χ3n) is 4.08. The second-order valence-corrected chi connectivity index (χ2v) is 6.82. The van der Waals surface area contributed by atoms with Gasteiger partial charge >= 0.3 is 0 Å². The number of aryl methyl sites for hydroxylation is 1. The molecule has 0 aliphatic heterocycles. The Kier molecular flexibility index (Phi) is 3.89. The molecule has 0 unspecified atom stereocenters. The van der Waals surface area contributed by atoms with E-state index in [4.69, 9.17) is 9.15 Å². The van der Waals surface area contributed by atoms with Crippen LogP contribution in [0.2, 0.25) is 0 Å². The normalized spacial score (nSPS) is 11.1. The molecule has 1 N–H and O–H groups in total. The van der Waals surface area contributed by atoms with Crippen LogP contribution in [0.1, 0.15) is 11.1 Å². The predicted molar refractivity (Wildman–Crippen MR) is 99.5 cm³/mol. The lowest BCUT2D eigenvalue weighted by molar-refractivity contribution is -0.115. The quantitative estimate of drug-likeness (QED) is 0.585. The van der Waals surface area contributed by atoms with Gasteiger partial charge in [-0.1, -0.05) is 23.5 Å². The Labute approximate surface area is 148 Å². The molecule has 5 nitrogen and oxygen atoms in total. The van der Waals surface area contributed by atoms with Crippen molar-refractivity contribution in [2.75, 3.05) is 12.4 Å². The van der Waals surface area contributed by atoms with Crippen LogP contribution >= 0.6 is 11.3 Å². The van der Waals surface area contributed by atoms with Crippen LogP contribution in [0.25, 0.3) is 21.2 Å². The number of methoxy groups -OCH3 is 1. The molecule has 25 heavy (non-hydrogen) atoms. The minimum Gasteiger partial charge on any atom is -0.497 e. The van der Waals surface area contributed by atoms with Crippen molar-refractivity contribution in [3.8, 4) is 5.75 Å². The molecule has 0 atom stereocenters. The van der Waals surface area contributed by atoms with Gasteiger partial charge in [0.05, 0.1) is 30.0 Å². The van der Waals surface area contributed by atoms with Crippen molar-refractivity contribution in [3.63, 3.8) is 0 Å². The molecule has 2 aromatic heterocycles. The molecule has 0 saturated heterocycles. The molecule has 2 heterocycles. The fourth-order valence-electron chi connectivity index (χ4n) is 2.80. The van der Waals surface area contributed by atoms with Crippen molar-refractivity contribution in [2.45, 2.75) is 13.3 Å². The van der Waals surface area contributed by atoms with E-state index in [0.29, 0.717) is 10.7 Å². The Bertz CT molecular complexity index is 1080. The maximum Gasteiger partial charge on any atom is 0.230 e. The number of thiazole rings is 1. The summed E-state index contributed by atoms with van der Waals surface area (Å²) in [4.78, 5) is 16.9. The lowest BCUT2D eigenvalue weighted by atomic mass is 10.1. The van der Waals surface area contributed by atoms with Crippen LogP contribution in [0.5, 0.6) is 5.75 Å². The summed E-state index contributed by atoms with van der Waals surface area (Å²) < 4.78 is 11.8.